The Kier molecular flexibility index (Phi) is 8.67. The number of carbonyl (C=O) groups excluding carboxylic acids is 2. The third-order valence-electron chi connectivity index (χ3n) is 2.03. The second-order valence-corrected chi connectivity index (χ2v) is 9.77. The summed E-state index contributed by atoms with van der Waals surface area (Å²) in [7, 11) is -1.93. The largest absolute Gasteiger partial charge is 0.466 e. The molecule has 6 heteroatoms. The van der Waals surface area contributed by atoms with Crippen LogP contribution in [0.25, 0.3) is 0 Å². The lowest BCUT2D eigenvalue weighted by Crippen LogP contribution is -2.39. The zero-order chi connectivity index (χ0) is 14.9. The average Bonchev–Trinajstić information content (AvgIpc) is 2.30. The normalized spacial score (nSPS) is 12.9. The minimum atomic E-state index is -1.93. The summed E-state index contributed by atoms with van der Waals surface area (Å²) >= 11 is 0. The molecule has 0 saturated heterocycles. The number of carbonyl (C=O) groups is 2. The molecule has 0 aromatic rings. The molecule has 0 rings (SSSR count). The summed E-state index contributed by atoms with van der Waals surface area (Å²) in [5, 5.41) is 0. The fourth-order valence-electron chi connectivity index (χ4n) is 1.32. The van der Waals surface area contributed by atoms with Crippen LogP contribution in [-0.4, -0.2) is 39.6 Å². The van der Waals surface area contributed by atoms with Crippen LogP contribution < -0.4 is 0 Å². The molecule has 0 bridgehead atoms. The molecule has 0 fully saturated rings. The van der Waals surface area contributed by atoms with E-state index in [0.29, 0.717) is 13.2 Å². The van der Waals surface area contributed by atoms with E-state index in [0.717, 1.165) is 12.8 Å². The predicted octanol–water partition coefficient (Wildman–Crippen LogP) is 2.50. The SMILES string of the molecule is CCCOC(=O)CC(O[Si](C)(C)C)C(=O)OCCC. The van der Waals surface area contributed by atoms with Crippen LogP contribution in [0, 0.1) is 0 Å². The maximum Gasteiger partial charge on any atom is 0.334 e. The van der Waals surface area contributed by atoms with Gasteiger partial charge in [0.1, 0.15) is 0 Å². The van der Waals surface area contributed by atoms with Crippen LogP contribution >= 0.6 is 0 Å². The summed E-state index contributed by atoms with van der Waals surface area (Å²) in [4.78, 5) is 23.4. The maximum atomic E-state index is 11.9. The van der Waals surface area contributed by atoms with Gasteiger partial charge in [0.25, 0.3) is 0 Å². The highest BCUT2D eigenvalue weighted by molar-refractivity contribution is 6.69. The van der Waals surface area contributed by atoms with Crippen molar-refractivity contribution in [2.75, 3.05) is 13.2 Å². The molecule has 0 amide bonds. The Morgan fingerprint density at radius 2 is 1.53 bits per heavy atom. The van der Waals surface area contributed by atoms with Crippen molar-refractivity contribution in [3.8, 4) is 0 Å². The Balaban J connectivity index is 4.49. The van der Waals surface area contributed by atoms with Gasteiger partial charge >= 0.3 is 11.9 Å². The third kappa shape index (κ3) is 9.67. The van der Waals surface area contributed by atoms with Gasteiger partial charge in [0.05, 0.1) is 19.6 Å². The number of hydrogen-bond acceptors (Lipinski definition) is 5. The highest BCUT2D eigenvalue weighted by Gasteiger charge is 2.30. The van der Waals surface area contributed by atoms with Crippen LogP contribution in [0.5, 0.6) is 0 Å². The molecular weight excluding hydrogens is 264 g/mol. The van der Waals surface area contributed by atoms with Gasteiger partial charge < -0.3 is 13.9 Å². The van der Waals surface area contributed by atoms with Gasteiger partial charge in [-0.1, -0.05) is 13.8 Å². The van der Waals surface area contributed by atoms with E-state index in [1.54, 1.807) is 0 Å². The lowest BCUT2D eigenvalue weighted by Gasteiger charge is -2.24. The minimum Gasteiger partial charge on any atom is -0.466 e. The molecule has 0 aromatic heterocycles. The van der Waals surface area contributed by atoms with Crippen LogP contribution in [0.1, 0.15) is 33.1 Å². The molecule has 1 unspecified atom stereocenters. The summed E-state index contributed by atoms with van der Waals surface area (Å²) in [6.07, 6.45) is 0.576. The first-order valence-corrected chi connectivity index (χ1v) is 10.2. The first-order valence-electron chi connectivity index (χ1n) is 6.80. The van der Waals surface area contributed by atoms with E-state index >= 15 is 0 Å². The maximum absolute atomic E-state index is 11.9. The van der Waals surface area contributed by atoms with Crippen LogP contribution in [0.3, 0.4) is 0 Å². The first-order chi connectivity index (χ1) is 8.80. The molecule has 0 saturated carbocycles. The predicted molar refractivity (Wildman–Crippen MR) is 75.3 cm³/mol. The lowest BCUT2D eigenvalue weighted by molar-refractivity contribution is -0.159. The van der Waals surface area contributed by atoms with Crippen molar-refractivity contribution in [3.05, 3.63) is 0 Å². The fraction of sp³-hybridized carbons (Fsp3) is 0.846. The van der Waals surface area contributed by atoms with Crippen molar-refractivity contribution < 1.29 is 23.5 Å². The van der Waals surface area contributed by atoms with E-state index < -0.39 is 26.4 Å². The van der Waals surface area contributed by atoms with Crippen LogP contribution in [0.2, 0.25) is 19.6 Å². The van der Waals surface area contributed by atoms with Gasteiger partial charge in [0.15, 0.2) is 14.4 Å². The molecule has 112 valence electrons. The van der Waals surface area contributed by atoms with E-state index in [9.17, 15) is 9.59 Å². The van der Waals surface area contributed by atoms with Crippen molar-refractivity contribution in [2.24, 2.45) is 0 Å². The third-order valence-corrected chi connectivity index (χ3v) is 3.02. The van der Waals surface area contributed by atoms with Gasteiger partial charge in [-0.05, 0) is 32.5 Å². The van der Waals surface area contributed by atoms with Crippen molar-refractivity contribution in [1.29, 1.82) is 0 Å². The average molecular weight is 290 g/mol. The smallest absolute Gasteiger partial charge is 0.334 e. The summed E-state index contributed by atoms with van der Waals surface area (Å²) in [5.41, 5.74) is 0. The Morgan fingerprint density at radius 1 is 1.00 bits per heavy atom. The van der Waals surface area contributed by atoms with Crippen molar-refractivity contribution in [2.45, 2.75) is 58.9 Å². The van der Waals surface area contributed by atoms with Crippen LogP contribution in [-0.2, 0) is 23.5 Å². The zero-order valence-corrected chi connectivity index (χ0v) is 13.7. The molecular formula is C13H26O5Si. The second kappa shape index (κ2) is 9.09. The van der Waals surface area contributed by atoms with Gasteiger partial charge in [0, 0.05) is 0 Å². The standard InChI is InChI=1S/C13H26O5Si/c1-6-8-16-12(14)10-11(18-19(3,4)5)13(15)17-9-7-2/h11H,6-10H2,1-5H3. The molecule has 19 heavy (non-hydrogen) atoms. The molecule has 0 aromatic carbocycles. The van der Waals surface area contributed by atoms with Gasteiger partial charge in [-0.15, -0.1) is 0 Å². The van der Waals surface area contributed by atoms with E-state index in [-0.39, 0.29) is 6.42 Å². The van der Waals surface area contributed by atoms with Crippen molar-refractivity contribution in [1.82, 2.24) is 0 Å². The summed E-state index contributed by atoms with van der Waals surface area (Å²) in [6, 6.07) is 0. The molecule has 0 N–H and O–H groups in total. The van der Waals surface area contributed by atoms with Crippen LogP contribution in [0.4, 0.5) is 0 Å². The number of hydrogen-bond donors (Lipinski definition) is 0. The van der Waals surface area contributed by atoms with Gasteiger partial charge in [-0.25, -0.2) is 4.79 Å². The van der Waals surface area contributed by atoms with Gasteiger partial charge in [-0.3, -0.25) is 4.79 Å². The Morgan fingerprint density at radius 3 is 2.00 bits per heavy atom. The highest BCUT2D eigenvalue weighted by Crippen LogP contribution is 2.13. The first kappa shape index (κ1) is 18.1. The van der Waals surface area contributed by atoms with E-state index in [4.69, 9.17) is 13.9 Å². The molecule has 0 spiro atoms. The van der Waals surface area contributed by atoms with E-state index in [2.05, 4.69) is 0 Å². The number of rotatable bonds is 9. The quantitative estimate of drug-likeness (QED) is 0.482. The van der Waals surface area contributed by atoms with E-state index in [1.807, 2.05) is 33.5 Å². The molecule has 0 aliphatic heterocycles. The monoisotopic (exact) mass is 290 g/mol. The van der Waals surface area contributed by atoms with Gasteiger partial charge in [0.2, 0.25) is 0 Å². The van der Waals surface area contributed by atoms with Crippen molar-refractivity contribution in [3.63, 3.8) is 0 Å². The van der Waals surface area contributed by atoms with E-state index in [1.165, 1.54) is 0 Å². The molecule has 0 radical (unpaired) electrons. The highest BCUT2D eigenvalue weighted by atomic mass is 28.4. The molecule has 0 aliphatic carbocycles. The summed E-state index contributed by atoms with van der Waals surface area (Å²) < 4.78 is 15.7. The molecule has 1 atom stereocenters. The summed E-state index contributed by atoms with van der Waals surface area (Å²) in [6.45, 7) is 10.4. The Bertz CT molecular complexity index is 285. The minimum absolute atomic E-state index is 0.0766. The van der Waals surface area contributed by atoms with Crippen LogP contribution in [0.15, 0.2) is 0 Å². The molecule has 5 nitrogen and oxygen atoms in total. The molecule has 0 heterocycles. The topological polar surface area (TPSA) is 61.8 Å². The number of ether oxygens (including phenoxy) is 2. The zero-order valence-electron chi connectivity index (χ0n) is 12.7. The Labute approximate surface area is 116 Å². The lowest BCUT2D eigenvalue weighted by atomic mass is 10.2. The second-order valence-electron chi connectivity index (χ2n) is 5.31. The summed E-state index contributed by atoms with van der Waals surface area (Å²) in [5.74, 6) is -0.892. The van der Waals surface area contributed by atoms with Gasteiger partial charge in [-0.2, -0.15) is 0 Å². The number of esters is 2. The Hall–Kier alpha value is -0.883. The fourth-order valence-corrected chi connectivity index (χ4v) is 2.35. The molecule has 0 aliphatic rings. The van der Waals surface area contributed by atoms with Crippen molar-refractivity contribution >= 4 is 20.3 Å².